The van der Waals surface area contributed by atoms with Gasteiger partial charge in [-0.15, -0.1) is 0 Å². The van der Waals surface area contributed by atoms with E-state index in [2.05, 4.69) is 18.3 Å². The Morgan fingerprint density at radius 2 is 1.92 bits per heavy atom. The van der Waals surface area contributed by atoms with Crippen LogP contribution in [0.2, 0.25) is 0 Å². The van der Waals surface area contributed by atoms with E-state index in [0.29, 0.717) is 12.0 Å². The van der Waals surface area contributed by atoms with Crippen LogP contribution in [0.4, 0.5) is 0 Å². The van der Waals surface area contributed by atoms with Gasteiger partial charge in [0.1, 0.15) is 6.04 Å². The third-order valence-electron chi connectivity index (χ3n) is 7.05. The fourth-order valence-corrected chi connectivity index (χ4v) is 5.22. The Balaban J connectivity index is 1.48. The van der Waals surface area contributed by atoms with Crippen molar-refractivity contribution in [3.05, 3.63) is 0 Å². The minimum Gasteiger partial charge on any atom is -0.326 e. The van der Waals surface area contributed by atoms with Gasteiger partial charge in [-0.1, -0.05) is 26.2 Å². The van der Waals surface area contributed by atoms with Crippen LogP contribution in [-0.4, -0.2) is 35.5 Å². The lowest BCUT2D eigenvalue weighted by Crippen LogP contribution is -2.57. The average molecular weight is 332 g/mol. The van der Waals surface area contributed by atoms with Gasteiger partial charge in [0.05, 0.1) is 12.6 Å². The fourth-order valence-electron chi connectivity index (χ4n) is 5.22. The minimum atomic E-state index is -0.194. The lowest BCUT2D eigenvalue weighted by atomic mass is 9.56. The van der Waals surface area contributed by atoms with Gasteiger partial charge in [0, 0.05) is 12.1 Å². The largest absolute Gasteiger partial charge is 0.326 e. The highest BCUT2D eigenvalue weighted by molar-refractivity contribution is 5.79. The number of nitrogens with zero attached hydrogens (tertiary/aromatic N) is 2. The highest BCUT2D eigenvalue weighted by atomic mass is 16.2. The van der Waals surface area contributed by atoms with Gasteiger partial charge >= 0.3 is 0 Å². The molecule has 4 heteroatoms. The van der Waals surface area contributed by atoms with Gasteiger partial charge in [-0.05, 0) is 63.2 Å². The van der Waals surface area contributed by atoms with Crippen LogP contribution in [0.3, 0.4) is 0 Å². The highest BCUT2D eigenvalue weighted by Gasteiger charge is 2.48. The molecule has 134 valence electrons. The summed E-state index contributed by atoms with van der Waals surface area (Å²) in [4.78, 5) is 14.3. The van der Waals surface area contributed by atoms with Crippen molar-refractivity contribution in [2.24, 2.45) is 5.41 Å². The molecule has 3 aliphatic carbocycles. The van der Waals surface area contributed by atoms with Crippen molar-refractivity contribution in [2.75, 3.05) is 13.1 Å². The van der Waals surface area contributed by atoms with Gasteiger partial charge < -0.3 is 10.2 Å². The molecule has 4 fully saturated rings. The van der Waals surface area contributed by atoms with Crippen LogP contribution in [0.15, 0.2) is 0 Å². The smallest absolute Gasteiger partial charge is 0.237 e. The van der Waals surface area contributed by atoms with Crippen LogP contribution in [0.1, 0.15) is 84.0 Å². The highest BCUT2D eigenvalue weighted by Crippen LogP contribution is 2.54. The van der Waals surface area contributed by atoms with E-state index in [1.807, 2.05) is 0 Å². The second-order valence-electron chi connectivity index (χ2n) is 8.47. The standard InChI is InChI=1S/C20H33N3O/c1-2-3-4-7-19-8-11-20(12-9-19,13-10-19)22-16-18(24)23-14-5-6-17(23)15-21/h17,22H,2-14,16H2,1H3/t17-,19?,20?/m0/s1. The zero-order valence-corrected chi connectivity index (χ0v) is 15.3. The first-order valence-electron chi connectivity index (χ1n) is 10.1. The third kappa shape index (κ3) is 3.61. The monoisotopic (exact) mass is 331 g/mol. The summed E-state index contributed by atoms with van der Waals surface area (Å²) in [7, 11) is 0. The zero-order chi connectivity index (χ0) is 17.0. The molecule has 2 bridgehead atoms. The van der Waals surface area contributed by atoms with Crippen molar-refractivity contribution < 1.29 is 4.79 Å². The quantitative estimate of drug-likeness (QED) is 0.723. The molecule has 0 radical (unpaired) electrons. The molecule has 0 aromatic carbocycles. The molecule has 4 rings (SSSR count). The number of amides is 1. The summed E-state index contributed by atoms with van der Waals surface area (Å²) in [6.07, 6.45) is 15.0. The summed E-state index contributed by atoms with van der Waals surface area (Å²) in [6, 6.07) is 2.08. The molecule has 1 heterocycles. The molecule has 0 spiro atoms. The van der Waals surface area contributed by atoms with Crippen molar-refractivity contribution >= 4 is 5.91 Å². The SMILES string of the molecule is CCCCCC12CCC(NCC(=O)N3CCC[C@H]3C#N)(CC1)CC2. The molecular formula is C20H33N3O. The molecule has 0 aromatic heterocycles. The second-order valence-corrected chi connectivity index (χ2v) is 8.47. The topological polar surface area (TPSA) is 56.1 Å². The molecule has 1 saturated heterocycles. The van der Waals surface area contributed by atoms with E-state index in [0.717, 1.165) is 19.4 Å². The lowest BCUT2D eigenvalue weighted by molar-refractivity contribution is -0.131. The van der Waals surface area contributed by atoms with E-state index in [4.69, 9.17) is 5.26 Å². The first-order valence-corrected chi connectivity index (χ1v) is 10.1. The average Bonchev–Trinajstić information content (AvgIpc) is 3.10. The predicted molar refractivity (Wildman–Crippen MR) is 95.4 cm³/mol. The summed E-state index contributed by atoms with van der Waals surface area (Å²) in [5, 5.41) is 12.8. The summed E-state index contributed by atoms with van der Waals surface area (Å²) < 4.78 is 0. The molecule has 4 aliphatic rings. The van der Waals surface area contributed by atoms with Crippen LogP contribution < -0.4 is 5.32 Å². The Kier molecular flexibility index (Phi) is 5.49. The van der Waals surface area contributed by atoms with Crippen molar-refractivity contribution in [3.8, 4) is 6.07 Å². The fraction of sp³-hybridized carbons (Fsp3) is 0.900. The van der Waals surface area contributed by atoms with Crippen molar-refractivity contribution in [1.29, 1.82) is 5.26 Å². The molecule has 24 heavy (non-hydrogen) atoms. The summed E-state index contributed by atoms with van der Waals surface area (Å²) in [6.45, 7) is 3.45. The Morgan fingerprint density at radius 1 is 1.21 bits per heavy atom. The molecule has 1 atom stereocenters. The lowest BCUT2D eigenvalue weighted by Gasteiger charge is -2.54. The first kappa shape index (κ1) is 17.7. The van der Waals surface area contributed by atoms with Crippen LogP contribution >= 0.6 is 0 Å². The molecule has 0 aromatic rings. The maximum atomic E-state index is 12.5. The predicted octanol–water partition coefficient (Wildman–Crippen LogP) is 3.76. The van der Waals surface area contributed by atoms with Gasteiger partial charge in [-0.25, -0.2) is 0 Å². The number of carbonyl (C=O) groups excluding carboxylic acids is 1. The third-order valence-corrected chi connectivity index (χ3v) is 7.05. The molecule has 4 nitrogen and oxygen atoms in total. The minimum absolute atomic E-state index is 0.124. The van der Waals surface area contributed by atoms with E-state index in [1.165, 1.54) is 64.2 Å². The number of hydrogen-bond donors (Lipinski definition) is 1. The Labute approximate surface area is 147 Å². The number of carbonyl (C=O) groups is 1. The second kappa shape index (κ2) is 7.44. The Bertz CT molecular complexity index is 471. The van der Waals surface area contributed by atoms with E-state index in [-0.39, 0.29) is 17.5 Å². The van der Waals surface area contributed by atoms with Gasteiger partial charge in [0.25, 0.3) is 0 Å². The van der Waals surface area contributed by atoms with Crippen LogP contribution in [-0.2, 0) is 4.79 Å². The molecule has 0 unspecified atom stereocenters. The van der Waals surface area contributed by atoms with Crippen LogP contribution in [0.25, 0.3) is 0 Å². The number of fused-ring (bicyclic) bond motifs is 3. The number of unbranched alkanes of at least 4 members (excludes halogenated alkanes) is 2. The summed E-state index contributed by atoms with van der Waals surface area (Å²) in [5.41, 5.74) is 0.813. The number of rotatable bonds is 7. The number of hydrogen-bond acceptors (Lipinski definition) is 3. The van der Waals surface area contributed by atoms with Gasteiger partial charge in [0.2, 0.25) is 5.91 Å². The maximum absolute atomic E-state index is 12.5. The molecule has 1 N–H and O–H groups in total. The van der Waals surface area contributed by atoms with E-state index < -0.39 is 0 Å². The zero-order valence-electron chi connectivity index (χ0n) is 15.3. The number of nitrogens with one attached hydrogen (secondary N) is 1. The first-order chi connectivity index (χ1) is 11.6. The van der Waals surface area contributed by atoms with Gasteiger partial charge in [-0.3, -0.25) is 4.79 Å². The molecule has 3 saturated carbocycles. The van der Waals surface area contributed by atoms with Gasteiger partial charge in [0.15, 0.2) is 0 Å². The Hall–Kier alpha value is -1.08. The van der Waals surface area contributed by atoms with E-state index >= 15 is 0 Å². The van der Waals surface area contributed by atoms with Crippen LogP contribution in [0, 0.1) is 16.7 Å². The molecule has 1 aliphatic heterocycles. The van der Waals surface area contributed by atoms with Gasteiger partial charge in [-0.2, -0.15) is 5.26 Å². The maximum Gasteiger partial charge on any atom is 0.237 e. The normalized spacial score (nSPS) is 35.2. The molecular weight excluding hydrogens is 298 g/mol. The van der Waals surface area contributed by atoms with Crippen molar-refractivity contribution in [2.45, 2.75) is 95.6 Å². The summed E-state index contributed by atoms with van der Waals surface area (Å²) >= 11 is 0. The van der Waals surface area contributed by atoms with Crippen molar-refractivity contribution in [1.82, 2.24) is 10.2 Å². The van der Waals surface area contributed by atoms with Crippen LogP contribution in [0.5, 0.6) is 0 Å². The van der Waals surface area contributed by atoms with E-state index in [9.17, 15) is 4.79 Å². The summed E-state index contributed by atoms with van der Waals surface area (Å²) in [5.74, 6) is 0.124. The molecule has 1 amide bonds. The number of likely N-dealkylation sites (tertiary alicyclic amines) is 1. The number of nitriles is 1. The van der Waals surface area contributed by atoms with E-state index in [1.54, 1.807) is 4.90 Å². The Morgan fingerprint density at radius 3 is 2.54 bits per heavy atom. The van der Waals surface area contributed by atoms with Crippen molar-refractivity contribution in [3.63, 3.8) is 0 Å².